The summed E-state index contributed by atoms with van der Waals surface area (Å²) in [5.41, 5.74) is 9.53. The second kappa shape index (κ2) is 8.65. The number of carbonyl (C=O) groups excluding carboxylic acids is 1. The fourth-order valence-corrected chi connectivity index (χ4v) is 3.67. The lowest BCUT2D eigenvalue weighted by Crippen LogP contribution is -3.06. The molecule has 1 aromatic carbocycles. The quantitative estimate of drug-likeness (QED) is 0.743. The van der Waals surface area contributed by atoms with Crippen molar-refractivity contribution in [3.63, 3.8) is 0 Å². The first-order chi connectivity index (χ1) is 12.0. The predicted octanol–water partition coefficient (Wildman–Crippen LogP) is 2.16. The first kappa shape index (κ1) is 19.0. The molecule has 1 atom stereocenters. The molecule has 2 aromatic rings. The third-order valence-electron chi connectivity index (χ3n) is 4.02. The summed E-state index contributed by atoms with van der Waals surface area (Å²) in [5.74, 6) is -0.407. The molecule has 0 fully saturated rings. The van der Waals surface area contributed by atoms with Crippen LogP contribution in [0.4, 0.5) is 5.00 Å². The van der Waals surface area contributed by atoms with Gasteiger partial charge in [0, 0.05) is 5.56 Å². The van der Waals surface area contributed by atoms with Crippen LogP contribution in [-0.4, -0.2) is 19.6 Å². The number of nitrogens with zero attached hydrogens (tertiary/aromatic N) is 1. The third kappa shape index (κ3) is 4.59. The molecule has 1 heterocycles. The van der Waals surface area contributed by atoms with Crippen LogP contribution in [0.25, 0.3) is 0 Å². The number of aryl methyl sites for hydroxylation is 1. The van der Waals surface area contributed by atoms with Crippen LogP contribution in [0.5, 0.6) is 0 Å². The summed E-state index contributed by atoms with van der Waals surface area (Å²) in [6.45, 7) is 5.53. The molecule has 0 aliphatic carbocycles. The maximum absolute atomic E-state index is 12.2. The molecule has 25 heavy (non-hydrogen) atoms. The first-order valence-corrected chi connectivity index (χ1v) is 9.19. The van der Waals surface area contributed by atoms with Crippen LogP contribution < -0.4 is 10.6 Å². The monoisotopic (exact) mass is 358 g/mol. The van der Waals surface area contributed by atoms with Crippen molar-refractivity contribution in [2.45, 2.75) is 33.4 Å². The summed E-state index contributed by atoms with van der Waals surface area (Å²) >= 11 is 1.13. The Balaban J connectivity index is 2.19. The Hall–Kier alpha value is -2.36. The average molecular weight is 358 g/mol. The first-order valence-electron chi connectivity index (χ1n) is 8.37. The summed E-state index contributed by atoms with van der Waals surface area (Å²) in [6, 6.07) is 10.7. The normalized spacial score (nSPS) is 11.8. The van der Waals surface area contributed by atoms with E-state index in [4.69, 9.17) is 10.5 Å². The summed E-state index contributed by atoms with van der Waals surface area (Å²) < 4.78 is 5.10. The van der Waals surface area contributed by atoms with Crippen molar-refractivity contribution in [2.75, 3.05) is 19.4 Å². The van der Waals surface area contributed by atoms with E-state index in [-0.39, 0.29) is 0 Å². The van der Waals surface area contributed by atoms with E-state index >= 15 is 0 Å². The Morgan fingerprint density at radius 1 is 1.24 bits per heavy atom. The number of carbonyl (C=O) groups is 1. The molecule has 0 saturated heterocycles. The van der Waals surface area contributed by atoms with E-state index in [1.54, 1.807) is 6.92 Å². The highest BCUT2D eigenvalue weighted by atomic mass is 32.1. The molecule has 132 valence electrons. The van der Waals surface area contributed by atoms with E-state index in [9.17, 15) is 10.1 Å². The fourth-order valence-electron chi connectivity index (χ4n) is 2.74. The van der Waals surface area contributed by atoms with Crippen LogP contribution in [0.15, 0.2) is 24.3 Å². The zero-order valence-corrected chi connectivity index (χ0v) is 15.7. The predicted molar refractivity (Wildman–Crippen MR) is 99.5 cm³/mol. The van der Waals surface area contributed by atoms with Gasteiger partial charge in [-0.15, -0.1) is 11.3 Å². The van der Waals surface area contributed by atoms with Gasteiger partial charge in [-0.2, -0.15) is 5.26 Å². The number of rotatable bonds is 7. The number of nitriles is 1. The smallest absolute Gasteiger partial charge is 0.348 e. The molecule has 0 amide bonds. The minimum Gasteiger partial charge on any atom is -0.462 e. The van der Waals surface area contributed by atoms with Crippen molar-refractivity contribution in [1.82, 2.24) is 0 Å². The lowest BCUT2D eigenvalue weighted by Gasteiger charge is -2.15. The number of hydrogen-bond donors (Lipinski definition) is 2. The molecular weight excluding hydrogens is 334 g/mol. The summed E-state index contributed by atoms with van der Waals surface area (Å²) in [5, 5.41) is 9.78. The molecule has 3 N–H and O–H groups in total. The Morgan fingerprint density at radius 2 is 1.88 bits per heavy atom. The molecule has 0 spiro atoms. The molecular formula is C19H24N3O2S+. The highest BCUT2D eigenvalue weighted by Gasteiger charge is 2.25. The van der Waals surface area contributed by atoms with Crippen molar-refractivity contribution in [1.29, 1.82) is 5.26 Å². The zero-order valence-electron chi connectivity index (χ0n) is 14.9. The topological polar surface area (TPSA) is 80.5 Å². The minimum absolute atomic E-state index is 0.296. The number of nitrogens with two attached hydrogens (primary N) is 1. The summed E-state index contributed by atoms with van der Waals surface area (Å²) in [4.78, 5) is 13.8. The van der Waals surface area contributed by atoms with Gasteiger partial charge >= 0.3 is 5.97 Å². The van der Waals surface area contributed by atoms with Gasteiger partial charge in [0.25, 0.3) is 0 Å². The largest absolute Gasteiger partial charge is 0.462 e. The number of esters is 1. The van der Waals surface area contributed by atoms with Gasteiger partial charge in [0.15, 0.2) is 0 Å². The summed E-state index contributed by atoms with van der Waals surface area (Å²) in [7, 11) is 2.04. The maximum Gasteiger partial charge on any atom is 0.348 e. The van der Waals surface area contributed by atoms with E-state index in [0.717, 1.165) is 24.3 Å². The highest BCUT2D eigenvalue weighted by molar-refractivity contribution is 7.18. The van der Waals surface area contributed by atoms with Crippen molar-refractivity contribution in [3.8, 4) is 6.07 Å². The van der Waals surface area contributed by atoms with Gasteiger partial charge < -0.3 is 15.4 Å². The number of benzene rings is 1. The Bertz CT molecular complexity index is 775. The average Bonchev–Trinajstić information content (AvgIpc) is 2.91. The standard InChI is InChI=1S/C19H23N3O2S/c1-4-13-6-8-14(9-7-13)11-22(3)12-16-15(10-20)18(21)25-17(16)19(23)24-5-2/h6-9H,4-5,11-12,21H2,1-3H3/p+1. The van der Waals surface area contributed by atoms with Gasteiger partial charge in [0.1, 0.15) is 29.0 Å². The summed E-state index contributed by atoms with van der Waals surface area (Å²) in [6.07, 6.45) is 1.02. The van der Waals surface area contributed by atoms with Gasteiger partial charge in [0.2, 0.25) is 0 Å². The number of ether oxygens (including phenoxy) is 1. The number of nitrogens with one attached hydrogen (secondary N) is 1. The van der Waals surface area contributed by atoms with Gasteiger partial charge in [-0.1, -0.05) is 31.2 Å². The molecule has 5 nitrogen and oxygen atoms in total. The van der Waals surface area contributed by atoms with E-state index in [2.05, 4.69) is 37.3 Å². The van der Waals surface area contributed by atoms with Crippen LogP contribution in [-0.2, 0) is 24.2 Å². The zero-order chi connectivity index (χ0) is 18.4. The lowest BCUT2D eigenvalue weighted by molar-refractivity contribution is -0.907. The number of anilines is 1. The van der Waals surface area contributed by atoms with Crippen molar-refractivity contribution < 1.29 is 14.4 Å². The molecule has 0 bridgehead atoms. The Labute approximate surface area is 152 Å². The van der Waals surface area contributed by atoms with Crippen molar-refractivity contribution >= 4 is 22.3 Å². The second-order valence-corrected chi connectivity index (χ2v) is 7.01. The van der Waals surface area contributed by atoms with Crippen LogP contribution in [0.2, 0.25) is 0 Å². The number of hydrogen-bond acceptors (Lipinski definition) is 5. The SMILES string of the molecule is CCOC(=O)c1sc(N)c(C#N)c1C[NH+](C)Cc1ccc(CC)cc1. The van der Waals surface area contributed by atoms with E-state index < -0.39 is 5.97 Å². The van der Waals surface area contributed by atoms with Crippen LogP contribution in [0.3, 0.4) is 0 Å². The van der Waals surface area contributed by atoms with E-state index in [1.807, 2.05) is 7.05 Å². The molecule has 0 aliphatic rings. The van der Waals surface area contributed by atoms with E-state index in [0.29, 0.717) is 34.2 Å². The van der Waals surface area contributed by atoms with Crippen LogP contribution in [0.1, 0.15) is 45.8 Å². The van der Waals surface area contributed by atoms with Crippen LogP contribution in [0, 0.1) is 11.3 Å². The fraction of sp³-hybridized carbons (Fsp3) is 0.368. The Morgan fingerprint density at radius 3 is 2.44 bits per heavy atom. The number of thiophene rings is 1. The second-order valence-electron chi connectivity index (χ2n) is 5.96. The maximum atomic E-state index is 12.2. The van der Waals surface area contributed by atoms with Crippen LogP contribution >= 0.6 is 11.3 Å². The Kier molecular flexibility index (Phi) is 6.57. The molecule has 1 unspecified atom stereocenters. The molecule has 2 rings (SSSR count). The molecule has 0 aliphatic heterocycles. The van der Waals surface area contributed by atoms with Crippen molar-refractivity contribution in [3.05, 3.63) is 51.4 Å². The minimum atomic E-state index is -0.407. The lowest BCUT2D eigenvalue weighted by atomic mass is 10.1. The van der Waals surface area contributed by atoms with Gasteiger partial charge in [0.05, 0.1) is 24.8 Å². The van der Waals surface area contributed by atoms with E-state index in [1.165, 1.54) is 16.0 Å². The third-order valence-corrected chi connectivity index (χ3v) is 5.06. The van der Waals surface area contributed by atoms with Gasteiger partial charge in [-0.25, -0.2) is 4.79 Å². The van der Waals surface area contributed by atoms with Gasteiger partial charge in [-0.3, -0.25) is 0 Å². The molecule has 6 heteroatoms. The molecule has 1 aromatic heterocycles. The highest BCUT2D eigenvalue weighted by Crippen LogP contribution is 2.30. The van der Waals surface area contributed by atoms with Crippen molar-refractivity contribution in [2.24, 2.45) is 0 Å². The van der Waals surface area contributed by atoms with Gasteiger partial charge in [-0.05, 0) is 18.9 Å². The molecule has 0 radical (unpaired) electrons. The number of nitrogen functional groups attached to an aromatic ring is 1. The number of quaternary nitrogens is 1. The molecule has 0 saturated carbocycles.